The molecule has 0 aromatic heterocycles. The van der Waals surface area contributed by atoms with Crippen molar-refractivity contribution in [2.45, 2.75) is 13.3 Å². The normalized spacial score (nSPS) is 9.42. The molecule has 1 aromatic carbocycles. The van der Waals surface area contributed by atoms with E-state index in [0.717, 1.165) is 13.0 Å². The molecule has 0 aliphatic rings. The van der Waals surface area contributed by atoms with E-state index < -0.39 is 0 Å². The number of hydrogen-bond acceptors (Lipinski definition) is 1. The molecule has 1 N–H and O–H groups in total. The third-order valence-corrected chi connectivity index (χ3v) is 1.63. The van der Waals surface area contributed by atoms with Gasteiger partial charge in [-0.3, -0.25) is 4.79 Å². The third kappa shape index (κ3) is 3.19. The van der Waals surface area contributed by atoms with Gasteiger partial charge < -0.3 is 5.32 Å². The lowest BCUT2D eigenvalue weighted by molar-refractivity contribution is -0.118. The summed E-state index contributed by atoms with van der Waals surface area (Å²) in [4.78, 5) is 10.5. The number of carbonyl (C=O) groups is 1. The summed E-state index contributed by atoms with van der Waals surface area (Å²) < 4.78 is 0. The maximum absolute atomic E-state index is 10.5. The predicted molar refractivity (Wildman–Crippen MR) is 50.9 cm³/mol. The molecule has 1 aromatic rings. The largest absolute Gasteiger partial charge is 0.356 e. The average Bonchev–Trinajstić information content (AvgIpc) is 2.05. The minimum atomic E-state index is 0. The van der Waals surface area contributed by atoms with Crippen molar-refractivity contribution in [3.05, 3.63) is 35.9 Å². The minimum Gasteiger partial charge on any atom is -0.356 e. The summed E-state index contributed by atoms with van der Waals surface area (Å²) in [6, 6.07) is 10.1. The smallest absolute Gasteiger partial charge is 0.216 e. The molecule has 12 heavy (non-hydrogen) atoms. The quantitative estimate of drug-likeness (QED) is 0.724. The minimum absolute atomic E-state index is 0. The van der Waals surface area contributed by atoms with Gasteiger partial charge in [-0.05, 0) is 12.0 Å². The van der Waals surface area contributed by atoms with Crippen LogP contribution in [0.25, 0.3) is 0 Å². The van der Waals surface area contributed by atoms with E-state index in [1.807, 2.05) is 18.2 Å². The summed E-state index contributed by atoms with van der Waals surface area (Å²) in [7, 11) is 0. The molecule has 0 spiro atoms. The summed E-state index contributed by atoms with van der Waals surface area (Å²) in [6.07, 6.45) is 0.903. The average molecular weight is 165 g/mol. The predicted octanol–water partition coefficient (Wildman–Crippen LogP) is 1.61. The lowest BCUT2D eigenvalue weighted by Gasteiger charge is -2.01. The van der Waals surface area contributed by atoms with Crippen LogP contribution in [-0.4, -0.2) is 12.5 Å². The Kier molecular flexibility index (Phi) is 3.33. The zero-order valence-electron chi connectivity index (χ0n) is 7.21. The molecule has 0 aliphatic carbocycles. The monoisotopic (exact) mass is 165 g/mol. The number of amides is 1. The van der Waals surface area contributed by atoms with Crippen molar-refractivity contribution in [3.8, 4) is 0 Å². The summed E-state index contributed by atoms with van der Waals surface area (Å²) >= 11 is 0. The Morgan fingerprint density at radius 3 is 2.67 bits per heavy atom. The lowest BCUT2D eigenvalue weighted by atomic mass is 10.1. The molecule has 0 saturated carbocycles. The summed E-state index contributed by atoms with van der Waals surface area (Å²) in [5, 5.41) is 2.76. The van der Waals surface area contributed by atoms with E-state index in [2.05, 4.69) is 17.4 Å². The van der Waals surface area contributed by atoms with E-state index >= 15 is 0 Å². The maximum Gasteiger partial charge on any atom is 0.216 e. The van der Waals surface area contributed by atoms with Crippen molar-refractivity contribution in [1.82, 2.24) is 5.32 Å². The Morgan fingerprint density at radius 1 is 1.42 bits per heavy atom. The first-order valence-corrected chi connectivity index (χ1v) is 4.07. The number of nitrogens with one attached hydrogen (secondary N) is 1. The Hall–Kier alpha value is -1.31. The van der Waals surface area contributed by atoms with Crippen molar-refractivity contribution >= 4 is 5.91 Å². The molecule has 0 atom stereocenters. The summed E-state index contributed by atoms with van der Waals surface area (Å²) in [5.74, 6) is 0.0333. The SMILES string of the molecule is CC(=O)NCCc1ccccc1.[HH]. The maximum atomic E-state index is 10.5. The first-order valence-electron chi connectivity index (χ1n) is 4.07. The number of rotatable bonds is 3. The van der Waals surface area contributed by atoms with Crippen LogP contribution in [0.2, 0.25) is 0 Å². The first-order chi connectivity index (χ1) is 5.79. The van der Waals surface area contributed by atoms with Crippen molar-refractivity contribution in [2.24, 2.45) is 0 Å². The summed E-state index contributed by atoms with van der Waals surface area (Å²) in [5.41, 5.74) is 1.26. The molecule has 0 unspecified atom stereocenters. The second-order valence-electron chi connectivity index (χ2n) is 2.72. The Bertz CT molecular complexity index is 248. The second-order valence-corrected chi connectivity index (χ2v) is 2.72. The van der Waals surface area contributed by atoms with Crippen molar-refractivity contribution in [2.75, 3.05) is 6.54 Å². The van der Waals surface area contributed by atoms with Gasteiger partial charge in [-0.15, -0.1) is 0 Å². The molecule has 1 rings (SSSR count). The number of hydrogen-bond donors (Lipinski definition) is 1. The highest BCUT2D eigenvalue weighted by Gasteiger charge is 1.92. The van der Waals surface area contributed by atoms with E-state index in [1.165, 1.54) is 12.5 Å². The molecule has 0 radical (unpaired) electrons. The molecule has 2 nitrogen and oxygen atoms in total. The Balaban J connectivity index is 0.00000144. The first kappa shape index (κ1) is 8.78. The van der Waals surface area contributed by atoms with Crippen LogP contribution in [0.15, 0.2) is 30.3 Å². The fourth-order valence-corrected chi connectivity index (χ4v) is 1.03. The number of benzene rings is 1. The van der Waals surface area contributed by atoms with E-state index in [1.54, 1.807) is 0 Å². The van der Waals surface area contributed by atoms with E-state index in [0.29, 0.717) is 0 Å². The highest BCUT2D eigenvalue weighted by Crippen LogP contribution is 1.97. The van der Waals surface area contributed by atoms with Gasteiger partial charge in [-0.1, -0.05) is 30.3 Å². The molecule has 0 bridgehead atoms. The second kappa shape index (κ2) is 4.54. The van der Waals surface area contributed by atoms with Gasteiger partial charge in [0.2, 0.25) is 5.91 Å². The molecule has 0 fully saturated rings. The molecule has 2 heteroatoms. The van der Waals surface area contributed by atoms with Crippen LogP contribution in [-0.2, 0) is 11.2 Å². The van der Waals surface area contributed by atoms with Gasteiger partial charge in [0.25, 0.3) is 0 Å². The fourth-order valence-electron chi connectivity index (χ4n) is 1.03. The van der Waals surface area contributed by atoms with Crippen molar-refractivity contribution < 1.29 is 6.22 Å². The van der Waals surface area contributed by atoms with Crippen LogP contribution in [0.4, 0.5) is 0 Å². The van der Waals surface area contributed by atoms with E-state index in [4.69, 9.17) is 0 Å². The van der Waals surface area contributed by atoms with Gasteiger partial charge in [-0.25, -0.2) is 0 Å². The van der Waals surface area contributed by atoms with E-state index in [9.17, 15) is 4.79 Å². The topological polar surface area (TPSA) is 29.1 Å². The van der Waals surface area contributed by atoms with Gasteiger partial charge in [-0.2, -0.15) is 0 Å². The van der Waals surface area contributed by atoms with Crippen LogP contribution < -0.4 is 5.32 Å². The van der Waals surface area contributed by atoms with Crippen molar-refractivity contribution in [3.63, 3.8) is 0 Å². The highest BCUT2D eigenvalue weighted by molar-refractivity contribution is 5.72. The van der Waals surface area contributed by atoms with Crippen LogP contribution in [0.5, 0.6) is 0 Å². The molecule has 0 heterocycles. The van der Waals surface area contributed by atoms with Gasteiger partial charge in [0.05, 0.1) is 0 Å². The standard InChI is InChI=1S/C10H13NO.H2/c1-9(12)11-8-7-10-5-3-2-4-6-10;/h2-6H,7-8H2,1H3,(H,11,12);1H. The molecule has 0 saturated heterocycles. The molecular formula is C10H15NO. The molecule has 1 amide bonds. The summed E-state index contributed by atoms with van der Waals surface area (Å²) in [6.45, 7) is 2.25. The van der Waals surface area contributed by atoms with Gasteiger partial charge >= 0.3 is 0 Å². The highest BCUT2D eigenvalue weighted by atomic mass is 16.1. The fraction of sp³-hybridized carbons (Fsp3) is 0.300. The Labute approximate surface area is 74.1 Å². The third-order valence-electron chi connectivity index (χ3n) is 1.63. The zero-order valence-corrected chi connectivity index (χ0v) is 7.21. The number of carbonyl (C=O) groups excluding carboxylic acids is 1. The van der Waals surface area contributed by atoms with Gasteiger partial charge in [0, 0.05) is 14.9 Å². The Morgan fingerprint density at radius 2 is 2.08 bits per heavy atom. The van der Waals surface area contributed by atoms with Gasteiger partial charge in [0.15, 0.2) is 0 Å². The van der Waals surface area contributed by atoms with Crippen LogP contribution in [0.1, 0.15) is 13.9 Å². The molecule has 66 valence electrons. The van der Waals surface area contributed by atoms with Gasteiger partial charge in [0.1, 0.15) is 0 Å². The van der Waals surface area contributed by atoms with Crippen LogP contribution in [0, 0.1) is 0 Å². The van der Waals surface area contributed by atoms with Crippen LogP contribution in [0.3, 0.4) is 0 Å². The molecular weight excluding hydrogens is 150 g/mol. The van der Waals surface area contributed by atoms with E-state index in [-0.39, 0.29) is 7.33 Å². The van der Waals surface area contributed by atoms with Crippen LogP contribution >= 0.6 is 0 Å². The molecule has 0 aliphatic heterocycles. The lowest BCUT2D eigenvalue weighted by Crippen LogP contribution is -2.22. The zero-order chi connectivity index (χ0) is 8.81. The van der Waals surface area contributed by atoms with Crippen molar-refractivity contribution in [1.29, 1.82) is 0 Å².